The normalized spacial score (nSPS) is 21.4. The number of rotatable bonds is 4. The van der Waals surface area contributed by atoms with Gasteiger partial charge in [-0.2, -0.15) is 18.4 Å². The SMILES string of the molecule is C[C@@H]1OCc2c1c(N)nc1ccc(C(=O)N(Cc3ccc(C(F)(F)F)cn3)[C@@H]3CCC[C@@H]3C#N)cc21. The van der Waals surface area contributed by atoms with Gasteiger partial charge in [-0.1, -0.05) is 0 Å². The predicted molar refractivity (Wildman–Crippen MR) is 125 cm³/mol. The summed E-state index contributed by atoms with van der Waals surface area (Å²) in [6.07, 6.45) is -1.84. The molecule has 2 N–H and O–H groups in total. The highest BCUT2D eigenvalue weighted by molar-refractivity contribution is 5.99. The van der Waals surface area contributed by atoms with Gasteiger partial charge in [0, 0.05) is 28.8 Å². The number of nitrogens with two attached hydrogens (primary N) is 1. The second-order valence-electron chi connectivity index (χ2n) is 9.28. The molecule has 186 valence electrons. The van der Waals surface area contributed by atoms with E-state index in [1.807, 2.05) is 6.92 Å². The van der Waals surface area contributed by atoms with Gasteiger partial charge in [-0.05, 0) is 62.1 Å². The van der Waals surface area contributed by atoms with Gasteiger partial charge >= 0.3 is 6.18 Å². The first-order valence-electron chi connectivity index (χ1n) is 11.7. The number of anilines is 1. The van der Waals surface area contributed by atoms with Crippen LogP contribution in [-0.4, -0.2) is 26.8 Å². The third-order valence-corrected chi connectivity index (χ3v) is 7.09. The number of nitrogens with zero attached hydrogens (tertiary/aromatic N) is 4. The summed E-state index contributed by atoms with van der Waals surface area (Å²) in [5.74, 6) is -0.272. The smallest absolute Gasteiger partial charge is 0.383 e. The number of alkyl halides is 3. The summed E-state index contributed by atoms with van der Waals surface area (Å²) >= 11 is 0. The van der Waals surface area contributed by atoms with Crippen molar-refractivity contribution in [2.24, 2.45) is 5.92 Å². The van der Waals surface area contributed by atoms with Gasteiger partial charge in [0.25, 0.3) is 5.91 Å². The summed E-state index contributed by atoms with van der Waals surface area (Å²) in [5, 5.41) is 10.4. The molecule has 1 saturated carbocycles. The zero-order valence-corrected chi connectivity index (χ0v) is 19.5. The quantitative estimate of drug-likeness (QED) is 0.536. The highest BCUT2D eigenvalue weighted by Gasteiger charge is 2.36. The van der Waals surface area contributed by atoms with Gasteiger partial charge in [0.1, 0.15) is 5.82 Å². The van der Waals surface area contributed by atoms with Crippen molar-refractivity contribution in [3.63, 3.8) is 0 Å². The summed E-state index contributed by atoms with van der Waals surface area (Å²) in [6, 6.07) is 9.30. The number of nitrogen functional groups attached to an aromatic ring is 1. The lowest BCUT2D eigenvalue weighted by atomic mass is 9.98. The van der Waals surface area contributed by atoms with Gasteiger partial charge in [-0.3, -0.25) is 9.78 Å². The van der Waals surface area contributed by atoms with Crippen molar-refractivity contribution >= 4 is 22.6 Å². The number of benzene rings is 1. The first-order chi connectivity index (χ1) is 17.2. The van der Waals surface area contributed by atoms with E-state index in [0.717, 1.165) is 35.2 Å². The molecule has 2 aliphatic rings. The highest BCUT2D eigenvalue weighted by Crippen LogP contribution is 2.39. The van der Waals surface area contributed by atoms with Gasteiger partial charge in [-0.15, -0.1) is 0 Å². The van der Waals surface area contributed by atoms with Crippen LogP contribution in [0.1, 0.15) is 65.0 Å². The minimum atomic E-state index is -4.50. The molecule has 7 nitrogen and oxygen atoms in total. The number of halogens is 3. The molecule has 1 fully saturated rings. The average Bonchev–Trinajstić information content (AvgIpc) is 3.49. The summed E-state index contributed by atoms with van der Waals surface area (Å²) < 4.78 is 44.7. The molecule has 0 spiro atoms. The number of fused-ring (bicyclic) bond motifs is 3. The molecule has 3 heterocycles. The summed E-state index contributed by atoms with van der Waals surface area (Å²) in [4.78, 5) is 23.8. The topological polar surface area (TPSA) is 105 Å². The molecule has 5 rings (SSSR count). The maximum Gasteiger partial charge on any atom is 0.417 e. The highest BCUT2D eigenvalue weighted by atomic mass is 19.4. The number of hydrogen-bond donors (Lipinski definition) is 1. The first kappa shape index (κ1) is 24.0. The number of hydrogen-bond acceptors (Lipinski definition) is 6. The van der Waals surface area contributed by atoms with Crippen LogP contribution < -0.4 is 5.73 Å². The fraction of sp³-hybridized carbons (Fsp3) is 0.385. The number of pyridine rings is 2. The fourth-order valence-electron chi connectivity index (χ4n) is 5.23. The number of carbonyl (C=O) groups excluding carboxylic acids is 1. The molecule has 2 aromatic heterocycles. The maximum absolute atomic E-state index is 13.8. The van der Waals surface area contributed by atoms with E-state index in [4.69, 9.17) is 10.5 Å². The lowest BCUT2D eigenvalue weighted by molar-refractivity contribution is -0.137. The van der Waals surface area contributed by atoms with E-state index in [2.05, 4.69) is 16.0 Å². The van der Waals surface area contributed by atoms with E-state index in [9.17, 15) is 23.2 Å². The van der Waals surface area contributed by atoms with Crippen LogP contribution in [0.2, 0.25) is 0 Å². The standard InChI is InChI=1S/C26H24F3N5O2/c1-14-23-20(13-36-14)19-9-15(5-8-21(19)33-24(23)31)25(35)34(22-4-2-3-16(22)10-30)12-18-7-6-17(11-32-18)26(27,28)29/h5-9,11,14,16,22H,2-4,12-13H2,1H3,(H2,31,33)/t14-,16+,22+/m0/s1. The molecule has 0 radical (unpaired) electrons. The molecular weight excluding hydrogens is 471 g/mol. The Morgan fingerprint density at radius 2 is 2.08 bits per heavy atom. The van der Waals surface area contributed by atoms with Crippen LogP contribution in [0.5, 0.6) is 0 Å². The molecule has 1 aliphatic carbocycles. The van der Waals surface area contributed by atoms with E-state index < -0.39 is 11.7 Å². The van der Waals surface area contributed by atoms with E-state index in [-0.39, 0.29) is 30.5 Å². The van der Waals surface area contributed by atoms with E-state index in [0.29, 0.717) is 42.0 Å². The van der Waals surface area contributed by atoms with Crippen LogP contribution in [0.3, 0.4) is 0 Å². The van der Waals surface area contributed by atoms with Gasteiger partial charge < -0.3 is 15.4 Å². The molecule has 0 unspecified atom stereocenters. The Kier molecular flexibility index (Phi) is 6.04. The molecular formula is C26H24F3N5O2. The largest absolute Gasteiger partial charge is 0.417 e. The molecule has 0 bridgehead atoms. The van der Waals surface area contributed by atoms with Crippen molar-refractivity contribution in [3.05, 3.63) is 64.5 Å². The number of amides is 1. The predicted octanol–water partition coefficient (Wildman–Crippen LogP) is 5.16. The molecule has 0 saturated heterocycles. The van der Waals surface area contributed by atoms with Crippen LogP contribution >= 0.6 is 0 Å². The van der Waals surface area contributed by atoms with E-state index in [1.54, 1.807) is 23.1 Å². The van der Waals surface area contributed by atoms with Crippen molar-refractivity contribution in [2.45, 2.75) is 57.7 Å². The van der Waals surface area contributed by atoms with Crippen LogP contribution in [0.15, 0.2) is 36.5 Å². The van der Waals surface area contributed by atoms with Gasteiger partial charge in [0.15, 0.2) is 0 Å². The van der Waals surface area contributed by atoms with Crippen LogP contribution in [0.4, 0.5) is 19.0 Å². The molecule has 1 aromatic carbocycles. The lowest BCUT2D eigenvalue weighted by Gasteiger charge is -2.31. The molecule has 3 aromatic rings. The summed E-state index contributed by atoms with van der Waals surface area (Å²) in [5.41, 5.74) is 8.35. The Balaban J connectivity index is 1.52. The van der Waals surface area contributed by atoms with Crippen molar-refractivity contribution in [3.8, 4) is 6.07 Å². The molecule has 36 heavy (non-hydrogen) atoms. The maximum atomic E-state index is 13.8. The Morgan fingerprint density at radius 1 is 1.28 bits per heavy atom. The zero-order chi connectivity index (χ0) is 25.6. The second kappa shape index (κ2) is 9.06. The van der Waals surface area contributed by atoms with Crippen LogP contribution in [-0.2, 0) is 24.1 Å². The lowest BCUT2D eigenvalue weighted by Crippen LogP contribution is -2.41. The number of ether oxygens (including phenoxy) is 1. The Bertz CT molecular complexity index is 1370. The second-order valence-corrected chi connectivity index (χ2v) is 9.28. The van der Waals surface area contributed by atoms with Crippen LogP contribution in [0, 0.1) is 17.2 Å². The van der Waals surface area contributed by atoms with Crippen molar-refractivity contribution < 1.29 is 22.7 Å². The molecule has 3 atom stereocenters. The Hall–Kier alpha value is -3.71. The van der Waals surface area contributed by atoms with Crippen molar-refractivity contribution in [2.75, 3.05) is 5.73 Å². The van der Waals surface area contributed by atoms with Crippen molar-refractivity contribution in [1.29, 1.82) is 5.26 Å². The number of aromatic nitrogens is 2. The molecule has 1 aliphatic heterocycles. The summed E-state index contributed by atoms with van der Waals surface area (Å²) in [6.45, 7) is 2.25. The monoisotopic (exact) mass is 495 g/mol. The fourth-order valence-corrected chi connectivity index (χ4v) is 5.23. The minimum absolute atomic E-state index is 0.00387. The number of nitriles is 1. The van der Waals surface area contributed by atoms with Gasteiger partial charge in [0.2, 0.25) is 0 Å². The average molecular weight is 496 g/mol. The zero-order valence-electron chi connectivity index (χ0n) is 19.5. The minimum Gasteiger partial charge on any atom is -0.383 e. The number of carbonyl (C=O) groups is 1. The van der Waals surface area contributed by atoms with Crippen molar-refractivity contribution in [1.82, 2.24) is 14.9 Å². The Labute approximate surface area is 205 Å². The molecule has 10 heteroatoms. The van der Waals surface area contributed by atoms with Crippen LogP contribution in [0.25, 0.3) is 10.9 Å². The first-order valence-corrected chi connectivity index (χ1v) is 11.7. The van der Waals surface area contributed by atoms with Gasteiger partial charge in [-0.25, -0.2) is 4.98 Å². The third kappa shape index (κ3) is 4.24. The third-order valence-electron chi connectivity index (χ3n) is 7.09. The van der Waals surface area contributed by atoms with E-state index in [1.165, 1.54) is 6.07 Å². The van der Waals surface area contributed by atoms with E-state index >= 15 is 0 Å². The summed E-state index contributed by atoms with van der Waals surface area (Å²) in [7, 11) is 0. The van der Waals surface area contributed by atoms with Gasteiger partial charge in [0.05, 0.1) is 48.0 Å². The molecule has 1 amide bonds. The Morgan fingerprint density at radius 3 is 2.78 bits per heavy atom.